The van der Waals surface area contributed by atoms with Crippen LogP contribution < -0.4 is 16.4 Å². The molecule has 0 amide bonds. The van der Waals surface area contributed by atoms with Gasteiger partial charge in [-0.05, 0) is 70.7 Å². The van der Waals surface area contributed by atoms with Gasteiger partial charge in [-0.3, -0.25) is 15.0 Å². The summed E-state index contributed by atoms with van der Waals surface area (Å²) in [5.41, 5.74) is 10.3. The Bertz CT molecular complexity index is 1300. The number of hydrazine groups is 1. The summed E-state index contributed by atoms with van der Waals surface area (Å²) in [6, 6.07) is 7.02. The van der Waals surface area contributed by atoms with E-state index in [2.05, 4.69) is 21.5 Å². The SMILES string of the molecule is Cc1cc(-c2nc3ccc(CNN[C@H](C(=O)OC(C)C)[C@@H](C)O)cc3n2CC2CCCCO2)cn(C)c1=O. The molecule has 206 valence electrons. The molecule has 0 radical (unpaired) electrons. The van der Waals surface area contributed by atoms with Gasteiger partial charge in [-0.1, -0.05) is 6.07 Å². The number of rotatable bonds is 10. The number of nitrogens with zero attached hydrogens (tertiary/aromatic N) is 3. The number of carbonyl (C=O) groups is 1. The molecule has 4 rings (SSSR count). The molecule has 0 bridgehead atoms. The van der Waals surface area contributed by atoms with E-state index in [1.54, 1.807) is 32.4 Å². The lowest BCUT2D eigenvalue weighted by molar-refractivity contribution is -0.153. The fraction of sp³-hybridized carbons (Fsp3) is 0.536. The average molecular weight is 526 g/mol. The van der Waals surface area contributed by atoms with Gasteiger partial charge in [-0.25, -0.2) is 10.4 Å². The molecule has 1 aliphatic heterocycles. The zero-order valence-corrected chi connectivity index (χ0v) is 22.9. The van der Waals surface area contributed by atoms with Crippen molar-refractivity contribution in [1.82, 2.24) is 25.0 Å². The number of esters is 1. The minimum Gasteiger partial charge on any atom is -0.462 e. The lowest BCUT2D eigenvalue weighted by Gasteiger charge is -2.24. The summed E-state index contributed by atoms with van der Waals surface area (Å²) in [4.78, 5) is 29.6. The van der Waals surface area contributed by atoms with Crippen LogP contribution in [0.15, 0.2) is 35.3 Å². The van der Waals surface area contributed by atoms with Gasteiger partial charge in [0.2, 0.25) is 0 Å². The Morgan fingerprint density at radius 2 is 2.05 bits per heavy atom. The van der Waals surface area contributed by atoms with E-state index in [4.69, 9.17) is 14.5 Å². The number of ether oxygens (including phenoxy) is 2. The maximum absolute atomic E-state index is 12.3. The van der Waals surface area contributed by atoms with Crippen molar-refractivity contribution in [1.29, 1.82) is 0 Å². The molecule has 10 nitrogen and oxygen atoms in total. The molecule has 38 heavy (non-hydrogen) atoms. The molecule has 1 aromatic carbocycles. The van der Waals surface area contributed by atoms with Gasteiger partial charge in [0.05, 0.1) is 35.9 Å². The first-order valence-electron chi connectivity index (χ1n) is 13.3. The highest BCUT2D eigenvalue weighted by Crippen LogP contribution is 2.28. The van der Waals surface area contributed by atoms with Crippen molar-refractivity contribution >= 4 is 17.0 Å². The van der Waals surface area contributed by atoms with Gasteiger partial charge in [0.15, 0.2) is 0 Å². The molecule has 2 aromatic heterocycles. The molecule has 1 saturated heterocycles. The molecule has 1 unspecified atom stereocenters. The van der Waals surface area contributed by atoms with Crippen LogP contribution >= 0.6 is 0 Å². The van der Waals surface area contributed by atoms with Crippen molar-refractivity contribution in [3.8, 4) is 11.4 Å². The van der Waals surface area contributed by atoms with Crippen LogP contribution in [0.2, 0.25) is 0 Å². The Hall–Kier alpha value is -3.05. The number of aliphatic hydroxyl groups excluding tert-OH is 1. The van der Waals surface area contributed by atoms with Crippen LogP contribution in [0.4, 0.5) is 0 Å². The van der Waals surface area contributed by atoms with Crippen LogP contribution in [-0.2, 0) is 34.4 Å². The Morgan fingerprint density at radius 1 is 1.26 bits per heavy atom. The minimum absolute atomic E-state index is 0.0272. The Kier molecular flexibility index (Phi) is 8.99. The van der Waals surface area contributed by atoms with Crippen LogP contribution in [-0.4, -0.2) is 56.2 Å². The molecular formula is C28H39N5O5. The second-order valence-electron chi connectivity index (χ2n) is 10.4. The van der Waals surface area contributed by atoms with Crippen LogP contribution in [0.5, 0.6) is 0 Å². The van der Waals surface area contributed by atoms with E-state index < -0.39 is 18.1 Å². The quantitative estimate of drug-likeness (QED) is 0.273. The number of aliphatic hydroxyl groups is 1. The summed E-state index contributed by atoms with van der Waals surface area (Å²) in [6.45, 7) is 8.73. The molecule has 3 N–H and O–H groups in total. The number of hydrogen-bond acceptors (Lipinski definition) is 8. The number of pyridine rings is 1. The first-order chi connectivity index (χ1) is 18.1. The third kappa shape index (κ3) is 6.50. The molecule has 1 fully saturated rings. The highest BCUT2D eigenvalue weighted by Gasteiger charge is 2.26. The molecule has 3 atom stereocenters. The monoisotopic (exact) mass is 525 g/mol. The molecule has 0 aliphatic carbocycles. The standard InChI is InChI=1S/C28H39N5O5/c1-17(2)38-28(36)25(19(4)34)31-29-14-20-9-10-23-24(13-20)33(16-22-8-6-7-11-37-22)26(30-23)21-12-18(3)27(35)32(5)15-21/h9-10,12-13,15,17,19,22,25,29,31,34H,6-8,11,14,16H2,1-5H3/t19-,22?,25+/m1/s1. The second-order valence-corrected chi connectivity index (χ2v) is 10.4. The first-order valence-corrected chi connectivity index (χ1v) is 13.3. The molecule has 0 spiro atoms. The topological polar surface area (TPSA) is 120 Å². The molecule has 10 heteroatoms. The number of hydrogen-bond donors (Lipinski definition) is 3. The fourth-order valence-corrected chi connectivity index (χ4v) is 4.78. The van der Waals surface area contributed by atoms with Crippen LogP contribution in [0.25, 0.3) is 22.4 Å². The fourth-order valence-electron chi connectivity index (χ4n) is 4.78. The van der Waals surface area contributed by atoms with Gasteiger partial charge in [-0.2, -0.15) is 0 Å². The zero-order valence-electron chi connectivity index (χ0n) is 22.9. The average Bonchev–Trinajstić information content (AvgIpc) is 3.22. The number of fused-ring (bicyclic) bond motifs is 1. The van der Waals surface area contributed by atoms with Crippen molar-refractivity contribution in [2.75, 3.05) is 6.61 Å². The van der Waals surface area contributed by atoms with Gasteiger partial charge >= 0.3 is 5.97 Å². The van der Waals surface area contributed by atoms with Gasteiger partial charge in [0, 0.05) is 37.5 Å². The van der Waals surface area contributed by atoms with Gasteiger partial charge < -0.3 is 23.7 Å². The van der Waals surface area contributed by atoms with Gasteiger partial charge in [0.25, 0.3) is 5.56 Å². The minimum atomic E-state index is -0.930. The van der Waals surface area contributed by atoms with E-state index in [-0.39, 0.29) is 17.8 Å². The zero-order chi connectivity index (χ0) is 27.4. The maximum atomic E-state index is 12.3. The second kappa shape index (κ2) is 12.2. The summed E-state index contributed by atoms with van der Waals surface area (Å²) >= 11 is 0. The van der Waals surface area contributed by atoms with Crippen molar-refractivity contribution in [3.63, 3.8) is 0 Å². The lowest BCUT2D eigenvalue weighted by Crippen LogP contribution is -2.52. The number of aromatic nitrogens is 3. The number of imidazole rings is 1. The lowest BCUT2D eigenvalue weighted by atomic mass is 10.1. The summed E-state index contributed by atoms with van der Waals surface area (Å²) in [6.07, 6.45) is 3.92. The van der Waals surface area contributed by atoms with Crippen LogP contribution in [0, 0.1) is 6.92 Å². The molecular weight excluding hydrogens is 486 g/mol. The van der Waals surface area contributed by atoms with Gasteiger partial charge in [0.1, 0.15) is 11.9 Å². The van der Waals surface area contributed by atoms with E-state index >= 15 is 0 Å². The molecule has 0 saturated carbocycles. The van der Waals surface area contributed by atoms with Crippen molar-refractivity contribution in [3.05, 3.63) is 51.9 Å². The van der Waals surface area contributed by atoms with Gasteiger partial charge in [-0.15, -0.1) is 0 Å². The van der Waals surface area contributed by atoms with E-state index in [1.807, 2.05) is 31.3 Å². The number of carbonyl (C=O) groups excluding carboxylic acids is 1. The largest absolute Gasteiger partial charge is 0.462 e. The Balaban J connectivity index is 1.62. The molecule has 3 aromatic rings. The first kappa shape index (κ1) is 28.0. The van der Waals surface area contributed by atoms with Crippen molar-refractivity contribution < 1.29 is 19.4 Å². The molecule has 1 aliphatic rings. The smallest absolute Gasteiger partial charge is 0.327 e. The van der Waals surface area contributed by atoms with E-state index in [1.165, 1.54) is 0 Å². The predicted molar refractivity (Wildman–Crippen MR) is 145 cm³/mol. The van der Waals surface area contributed by atoms with E-state index in [0.717, 1.165) is 53.9 Å². The third-order valence-corrected chi connectivity index (χ3v) is 6.73. The van der Waals surface area contributed by atoms with Crippen molar-refractivity contribution in [2.45, 2.75) is 84.4 Å². The number of benzene rings is 1. The summed E-state index contributed by atoms with van der Waals surface area (Å²) in [5.74, 6) is 0.280. The summed E-state index contributed by atoms with van der Waals surface area (Å²) < 4.78 is 15.1. The highest BCUT2D eigenvalue weighted by atomic mass is 16.5. The highest BCUT2D eigenvalue weighted by molar-refractivity contribution is 5.81. The number of aryl methyl sites for hydroxylation is 2. The third-order valence-electron chi connectivity index (χ3n) is 6.73. The predicted octanol–water partition coefficient (Wildman–Crippen LogP) is 2.57. The maximum Gasteiger partial charge on any atom is 0.327 e. The number of nitrogens with one attached hydrogen (secondary N) is 2. The van der Waals surface area contributed by atoms with E-state index in [0.29, 0.717) is 18.7 Å². The van der Waals surface area contributed by atoms with Crippen LogP contribution in [0.3, 0.4) is 0 Å². The normalized spacial score (nSPS) is 17.6. The summed E-state index contributed by atoms with van der Waals surface area (Å²) in [5, 5.41) is 10.0. The molecule has 3 heterocycles. The van der Waals surface area contributed by atoms with Crippen molar-refractivity contribution in [2.24, 2.45) is 7.05 Å². The Labute approximate surface area is 222 Å². The summed E-state index contributed by atoms with van der Waals surface area (Å²) in [7, 11) is 1.75. The van der Waals surface area contributed by atoms with Crippen LogP contribution in [0.1, 0.15) is 51.2 Å². The van der Waals surface area contributed by atoms with E-state index in [9.17, 15) is 14.7 Å². The Morgan fingerprint density at radius 3 is 2.71 bits per heavy atom.